The number of fused-ring (bicyclic) bond motifs is 1. The minimum atomic E-state index is -1.33. The first-order valence-electron chi connectivity index (χ1n) is 10.5. The van der Waals surface area contributed by atoms with Crippen molar-refractivity contribution in [3.63, 3.8) is 0 Å². The van der Waals surface area contributed by atoms with Crippen LogP contribution in [0.1, 0.15) is 27.6 Å². The van der Waals surface area contributed by atoms with Crippen LogP contribution in [0.15, 0.2) is 29.2 Å². The lowest BCUT2D eigenvalue weighted by atomic mass is 10.2. The van der Waals surface area contributed by atoms with Gasteiger partial charge in [0.05, 0.1) is 10.9 Å². The summed E-state index contributed by atoms with van der Waals surface area (Å²) in [4.78, 5) is 39.9. The van der Waals surface area contributed by atoms with E-state index in [0.29, 0.717) is 25.3 Å². The summed E-state index contributed by atoms with van der Waals surface area (Å²) in [7, 11) is 0. The number of halogens is 1. The second kappa shape index (κ2) is 10.3. The van der Waals surface area contributed by atoms with Gasteiger partial charge >= 0.3 is 11.9 Å². The summed E-state index contributed by atoms with van der Waals surface area (Å²) in [6.07, 6.45) is 1.26. The average molecular weight is 490 g/mol. The fourth-order valence-corrected chi connectivity index (χ4v) is 3.50. The topological polar surface area (TPSA) is 185 Å². The van der Waals surface area contributed by atoms with E-state index < -0.39 is 40.4 Å². The van der Waals surface area contributed by atoms with E-state index >= 15 is 0 Å². The van der Waals surface area contributed by atoms with E-state index in [-0.39, 0.29) is 22.3 Å². The number of carboxylic acid groups (broad SMARTS) is 2. The van der Waals surface area contributed by atoms with Gasteiger partial charge in [-0.3, -0.25) is 4.79 Å². The number of nitrogens with zero attached hydrogens (tertiary/aromatic N) is 3. The lowest BCUT2D eigenvalue weighted by Crippen LogP contribution is -2.44. The van der Waals surface area contributed by atoms with Crippen LogP contribution in [0.5, 0.6) is 17.2 Å². The molecule has 0 unspecified atom stereocenters. The van der Waals surface area contributed by atoms with Crippen LogP contribution in [0, 0.1) is 5.82 Å². The predicted molar refractivity (Wildman–Crippen MR) is 122 cm³/mol. The first kappa shape index (κ1) is 25.2. The second-order valence-corrected chi connectivity index (χ2v) is 7.53. The van der Waals surface area contributed by atoms with Gasteiger partial charge in [0.25, 0.3) is 0 Å². The fourth-order valence-electron chi connectivity index (χ4n) is 3.50. The molecule has 0 atom stereocenters. The van der Waals surface area contributed by atoms with Crippen LogP contribution in [-0.2, 0) is 6.54 Å². The highest BCUT2D eigenvalue weighted by atomic mass is 19.1. The number of hydrogen-bond donors (Lipinski definition) is 6. The quantitative estimate of drug-likeness (QED) is 0.288. The number of aromatic carboxylic acids is 2. The van der Waals surface area contributed by atoms with Crippen molar-refractivity contribution >= 4 is 28.8 Å². The largest absolute Gasteiger partial charge is 0.504 e. The number of piperazine rings is 1. The normalized spacial score (nSPS) is 13.3. The van der Waals surface area contributed by atoms with Crippen LogP contribution in [-0.4, -0.2) is 73.2 Å². The molecule has 3 aromatic rings. The standard InChI is InChI=1S/C15H17FN4O3.C7H6O5/c1-2-19-8-10(15(22)23)12(21)9-7-11(16)14(18-13(9)19)20-5-3-17-4-6-20;8-4-1-3(7(11)12)2-5(9)6(4)10/h7-8,17H,2-6H2,1H3,(H,22,23);1-2,8-10H,(H,11,12). The van der Waals surface area contributed by atoms with E-state index in [9.17, 15) is 18.8 Å². The van der Waals surface area contributed by atoms with Gasteiger partial charge in [-0.2, -0.15) is 0 Å². The summed E-state index contributed by atoms with van der Waals surface area (Å²) < 4.78 is 16.0. The molecule has 0 radical (unpaired) electrons. The number of carbonyl (C=O) groups is 2. The Morgan fingerprint density at radius 3 is 2.17 bits per heavy atom. The van der Waals surface area contributed by atoms with Crippen molar-refractivity contribution in [2.75, 3.05) is 31.1 Å². The van der Waals surface area contributed by atoms with Gasteiger partial charge in [-0.15, -0.1) is 0 Å². The maximum atomic E-state index is 14.4. The fraction of sp³-hybridized carbons (Fsp3) is 0.273. The van der Waals surface area contributed by atoms with Crippen LogP contribution < -0.4 is 15.6 Å². The molecule has 1 aliphatic rings. The molecule has 1 fully saturated rings. The van der Waals surface area contributed by atoms with Gasteiger partial charge in [-0.25, -0.2) is 19.0 Å². The molecular formula is C22H23FN4O8. The van der Waals surface area contributed by atoms with Crippen LogP contribution in [0.3, 0.4) is 0 Å². The molecule has 6 N–H and O–H groups in total. The van der Waals surface area contributed by atoms with Gasteiger partial charge in [0.2, 0.25) is 5.43 Å². The molecule has 4 rings (SSSR count). The highest BCUT2D eigenvalue weighted by Gasteiger charge is 2.21. The maximum absolute atomic E-state index is 14.4. The van der Waals surface area contributed by atoms with Crippen molar-refractivity contribution in [2.24, 2.45) is 0 Å². The number of aromatic nitrogens is 2. The third-order valence-corrected chi connectivity index (χ3v) is 5.29. The Kier molecular flexibility index (Phi) is 7.40. The molecule has 1 aliphatic heterocycles. The Labute approximate surface area is 197 Å². The number of anilines is 1. The molecule has 186 valence electrons. The van der Waals surface area contributed by atoms with Crippen molar-refractivity contribution in [3.8, 4) is 17.2 Å². The van der Waals surface area contributed by atoms with E-state index in [2.05, 4.69) is 10.3 Å². The van der Waals surface area contributed by atoms with Crippen molar-refractivity contribution in [3.05, 3.63) is 51.6 Å². The number of phenols is 3. The summed E-state index contributed by atoms with van der Waals surface area (Å²) in [5.41, 5.74) is -1.08. The molecule has 2 aromatic heterocycles. The van der Waals surface area contributed by atoms with Crippen molar-refractivity contribution in [1.29, 1.82) is 0 Å². The van der Waals surface area contributed by atoms with Gasteiger partial charge in [0, 0.05) is 38.9 Å². The van der Waals surface area contributed by atoms with Crippen LogP contribution in [0.2, 0.25) is 0 Å². The second-order valence-electron chi connectivity index (χ2n) is 7.53. The van der Waals surface area contributed by atoms with Crippen LogP contribution >= 0.6 is 0 Å². The number of carboxylic acids is 2. The summed E-state index contributed by atoms with van der Waals surface area (Å²) in [6, 6.07) is 2.79. The van der Waals surface area contributed by atoms with Gasteiger partial charge < -0.3 is 40.3 Å². The number of nitrogens with one attached hydrogen (secondary N) is 1. The van der Waals surface area contributed by atoms with Gasteiger partial charge in [0.1, 0.15) is 11.2 Å². The van der Waals surface area contributed by atoms with Crippen LogP contribution in [0.4, 0.5) is 10.2 Å². The monoisotopic (exact) mass is 490 g/mol. The zero-order chi connectivity index (χ0) is 25.9. The highest BCUT2D eigenvalue weighted by Crippen LogP contribution is 2.35. The number of rotatable bonds is 4. The van der Waals surface area contributed by atoms with E-state index in [1.54, 1.807) is 4.57 Å². The molecule has 12 nitrogen and oxygen atoms in total. The Bertz CT molecular complexity index is 1330. The van der Waals surface area contributed by atoms with Crippen molar-refractivity contribution < 1.29 is 39.5 Å². The summed E-state index contributed by atoms with van der Waals surface area (Å²) in [6.45, 7) is 4.95. The molecule has 3 heterocycles. The van der Waals surface area contributed by atoms with Gasteiger partial charge in [0.15, 0.2) is 28.9 Å². The van der Waals surface area contributed by atoms with Crippen molar-refractivity contribution in [1.82, 2.24) is 14.9 Å². The highest BCUT2D eigenvalue weighted by molar-refractivity contribution is 5.92. The van der Waals surface area contributed by atoms with Crippen molar-refractivity contribution in [2.45, 2.75) is 13.5 Å². The number of phenolic OH excluding ortho intramolecular Hbond substituents is 3. The Morgan fingerprint density at radius 1 is 1.06 bits per heavy atom. The number of hydrogen-bond acceptors (Lipinski definition) is 9. The number of pyridine rings is 2. The minimum Gasteiger partial charge on any atom is -0.504 e. The Morgan fingerprint density at radius 2 is 1.66 bits per heavy atom. The molecule has 35 heavy (non-hydrogen) atoms. The van der Waals surface area contributed by atoms with Crippen LogP contribution in [0.25, 0.3) is 11.0 Å². The molecular weight excluding hydrogens is 467 g/mol. The first-order valence-corrected chi connectivity index (χ1v) is 10.5. The third kappa shape index (κ3) is 5.24. The number of aryl methyl sites for hydroxylation is 1. The van der Waals surface area contributed by atoms with Gasteiger partial charge in [-0.05, 0) is 25.1 Å². The molecule has 0 spiro atoms. The molecule has 1 saturated heterocycles. The number of benzene rings is 1. The third-order valence-electron chi connectivity index (χ3n) is 5.29. The summed E-state index contributed by atoms with van der Waals surface area (Å²) >= 11 is 0. The van der Waals surface area contributed by atoms with E-state index in [4.69, 9.17) is 25.5 Å². The zero-order valence-corrected chi connectivity index (χ0v) is 18.5. The molecule has 0 bridgehead atoms. The average Bonchev–Trinajstić information content (AvgIpc) is 2.83. The number of aromatic hydroxyl groups is 3. The SMILES string of the molecule is CCn1cc(C(=O)O)c(=O)c2cc(F)c(N3CCNCC3)nc21.O=C(O)c1cc(O)c(O)c(O)c1. The lowest BCUT2D eigenvalue weighted by Gasteiger charge is -2.29. The lowest BCUT2D eigenvalue weighted by molar-refractivity contribution is 0.0684. The molecule has 0 amide bonds. The Hall–Kier alpha value is -4.39. The smallest absolute Gasteiger partial charge is 0.341 e. The van der Waals surface area contributed by atoms with E-state index in [1.807, 2.05) is 11.8 Å². The summed E-state index contributed by atoms with van der Waals surface area (Å²) in [5.74, 6) is -5.07. The zero-order valence-electron chi connectivity index (χ0n) is 18.5. The van der Waals surface area contributed by atoms with Gasteiger partial charge in [-0.1, -0.05) is 0 Å². The molecule has 0 saturated carbocycles. The predicted octanol–water partition coefficient (Wildman–Crippen LogP) is 1.16. The Balaban J connectivity index is 0.000000241. The maximum Gasteiger partial charge on any atom is 0.341 e. The van der Waals surface area contributed by atoms with E-state index in [0.717, 1.165) is 31.3 Å². The molecule has 13 heteroatoms. The summed E-state index contributed by atoms with van der Waals surface area (Å²) in [5, 5.41) is 47.3. The molecule has 1 aromatic carbocycles. The van der Waals surface area contributed by atoms with E-state index in [1.165, 1.54) is 6.20 Å². The first-order chi connectivity index (χ1) is 16.5. The minimum absolute atomic E-state index is 0.0110. The molecule has 0 aliphatic carbocycles.